The molecule has 1 amide bonds. The van der Waals surface area contributed by atoms with Crippen molar-refractivity contribution in [1.82, 2.24) is 20.0 Å². The molecule has 0 spiro atoms. The molecule has 0 saturated carbocycles. The van der Waals surface area contributed by atoms with E-state index in [9.17, 15) is 9.18 Å². The first-order chi connectivity index (χ1) is 13.0. The molecule has 4 rings (SSSR count). The van der Waals surface area contributed by atoms with Gasteiger partial charge in [-0.1, -0.05) is 13.8 Å². The number of rotatable bonds is 3. The number of likely N-dealkylation sites (tertiary alicyclic amines) is 1. The van der Waals surface area contributed by atoms with Gasteiger partial charge in [-0.25, -0.2) is 9.07 Å². The summed E-state index contributed by atoms with van der Waals surface area (Å²) in [5.41, 5.74) is 2.33. The zero-order chi connectivity index (χ0) is 19.0. The Bertz CT molecular complexity index is 800. The van der Waals surface area contributed by atoms with Gasteiger partial charge in [0.25, 0.3) is 5.91 Å². The third-order valence-electron chi connectivity index (χ3n) is 5.96. The summed E-state index contributed by atoms with van der Waals surface area (Å²) in [6.45, 7) is 7.89. The Morgan fingerprint density at radius 1 is 1.15 bits per heavy atom. The second-order valence-corrected chi connectivity index (χ2v) is 8.03. The monoisotopic (exact) mass is 370 g/mol. The SMILES string of the molecule is CC(C)c1c(C(=O)N2CC[C@@H]3CNC[C@@H]3CC2)cnn1-c1ccc(F)cc1. The van der Waals surface area contributed by atoms with Crippen LogP contribution in [0.25, 0.3) is 5.69 Å². The van der Waals surface area contributed by atoms with E-state index in [4.69, 9.17) is 0 Å². The maximum absolute atomic E-state index is 13.3. The molecule has 1 N–H and O–H groups in total. The highest BCUT2D eigenvalue weighted by Crippen LogP contribution is 2.29. The fraction of sp³-hybridized carbons (Fsp3) is 0.524. The average molecular weight is 370 g/mol. The lowest BCUT2D eigenvalue weighted by molar-refractivity contribution is 0.0757. The van der Waals surface area contributed by atoms with Crippen LogP contribution in [0.3, 0.4) is 0 Å². The van der Waals surface area contributed by atoms with Gasteiger partial charge in [0.05, 0.1) is 23.1 Å². The van der Waals surface area contributed by atoms with Gasteiger partial charge in [-0.3, -0.25) is 4.79 Å². The van der Waals surface area contributed by atoms with Gasteiger partial charge in [0, 0.05) is 13.1 Å². The molecule has 2 fully saturated rings. The van der Waals surface area contributed by atoms with Gasteiger partial charge < -0.3 is 10.2 Å². The summed E-state index contributed by atoms with van der Waals surface area (Å²) in [4.78, 5) is 15.3. The summed E-state index contributed by atoms with van der Waals surface area (Å²) < 4.78 is 15.1. The number of hydrogen-bond donors (Lipinski definition) is 1. The number of hydrogen-bond acceptors (Lipinski definition) is 3. The first-order valence-electron chi connectivity index (χ1n) is 9.88. The highest BCUT2D eigenvalue weighted by atomic mass is 19.1. The Kier molecular flexibility index (Phi) is 5.00. The van der Waals surface area contributed by atoms with Crippen molar-refractivity contribution in [1.29, 1.82) is 0 Å². The van der Waals surface area contributed by atoms with E-state index in [2.05, 4.69) is 24.3 Å². The summed E-state index contributed by atoms with van der Waals surface area (Å²) in [6, 6.07) is 6.24. The van der Waals surface area contributed by atoms with E-state index in [1.807, 2.05) is 4.90 Å². The average Bonchev–Trinajstić information content (AvgIpc) is 3.25. The summed E-state index contributed by atoms with van der Waals surface area (Å²) in [5, 5.41) is 7.94. The van der Waals surface area contributed by atoms with Crippen LogP contribution in [0.2, 0.25) is 0 Å². The van der Waals surface area contributed by atoms with E-state index in [1.165, 1.54) is 12.1 Å². The van der Waals surface area contributed by atoms with Crippen molar-refractivity contribution in [3.05, 3.63) is 47.5 Å². The number of carbonyl (C=O) groups is 1. The van der Waals surface area contributed by atoms with Crippen LogP contribution in [-0.2, 0) is 0 Å². The molecule has 0 aliphatic carbocycles. The van der Waals surface area contributed by atoms with Crippen LogP contribution in [0.15, 0.2) is 30.5 Å². The molecule has 144 valence electrons. The predicted molar refractivity (Wildman–Crippen MR) is 103 cm³/mol. The minimum absolute atomic E-state index is 0.0694. The largest absolute Gasteiger partial charge is 0.339 e. The highest BCUT2D eigenvalue weighted by Gasteiger charge is 2.33. The number of halogens is 1. The molecule has 2 atom stereocenters. The van der Waals surface area contributed by atoms with Crippen molar-refractivity contribution in [2.75, 3.05) is 26.2 Å². The van der Waals surface area contributed by atoms with E-state index in [1.54, 1.807) is 23.0 Å². The van der Waals surface area contributed by atoms with Crippen LogP contribution in [0.5, 0.6) is 0 Å². The predicted octanol–water partition coefficient (Wildman–Crippen LogP) is 3.21. The van der Waals surface area contributed by atoms with Crippen molar-refractivity contribution < 1.29 is 9.18 Å². The number of aromatic nitrogens is 2. The molecule has 27 heavy (non-hydrogen) atoms. The molecule has 1 aromatic carbocycles. The minimum atomic E-state index is -0.280. The Morgan fingerprint density at radius 2 is 1.78 bits per heavy atom. The van der Waals surface area contributed by atoms with Gasteiger partial charge in [0.15, 0.2) is 0 Å². The van der Waals surface area contributed by atoms with Crippen LogP contribution < -0.4 is 5.32 Å². The zero-order valence-electron chi connectivity index (χ0n) is 16.0. The van der Waals surface area contributed by atoms with Crippen molar-refractivity contribution in [3.63, 3.8) is 0 Å². The topological polar surface area (TPSA) is 50.2 Å². The molecular weight excluding hydrogens is 343 g/mol. The van der Waals surface area contributed by atoms with Crippen LogP contribution in [-0.4, -0.2) is 46.8 Å². The summed E-state index contributed by atoms with van der Waals surface area (Å²) in [6.07, 6.45) is 3.80. The minimum Gasteiger partial charge on any atom is -0.339 e. The summed E-state index contributed by atoms with van der Waals surface area (Å²) >= 11 is 0. The smallest absolute Gasteiger partial charge is 0.257 e. The summed E-state index contributed by atoms with van der Waals surface area (Å²) in [5.74, 6) is 1.30. The molecule has 0 bridgehead atoms. The molecular formula is C21H27FN4O. The number of carbonyl (C=O) groups excluding carboxylic acids is 1. The molecule has 0 unspecified atom stereocenters. The fourth-order valence-corrected chi connectivity index (χ4v) is 4.46. The van der Waals surface area contributed by atoms with Gasteiger partial charge in [-0.05, 0) is 68.0 Å². The first-order valence-corrected chi connectivity index (χ1v) is 9.88. The molecule has 0 radical (unpaired) electrons. The normalized spacial score (nSPS) is 22.7. The van der Waals surface area contributed by atoms with Gasteiger partial charge in [0.2, 0.25) is 0 Å². The van der Waals surface area contributed by atoms with Crippen LogP contribution in [0.4, 0.5) is 4.39 Å². The molecule has 6 heteroatoms. The van der Waals surface area contributed by atoms with E-state index < -0.39 is 0 Å². The standard InChI is InChI=1S/C21H27FN4O/c1-14(2)20-19(13-24-26(20)18-5-3-17(22)4-6-18)21(27)25-9-7-15-11-23-12-16(15)8-10-25/h3-6,13-16,23H,7-12H2,1-2H3/t15-,16+. The van der Waals surface area contributed by atoms with Gasteiger partial charge in [-0.2, -0.15) is 5.10 Å². The maximum atomic E-state index is 13.3. The number of nitrogens with one attached hydrogen (secondary N) is 1. The van der Waals surface area contributed by atoms with Crippen LogP contribution >= 0.6 is 0 Å². The Hall–Kier alpha value is -2.21. The third kappa shape index (κ3) is 3.50. The maximum Gasteiger partial charge on any atom is 0.257 e. The van der Waals surface area contributed by atoms with Crippen molar-refractivity contribution in [2.24, 2.45) is 11.8 Å². The Morgan fingerprint density at radius 3 is 2.37 bits per heavy atom. The van der Waals surface area contributed by atoms with Crippen molar-refractivity contribution in [3.8, 4) is 5.69 Å². The Balaban J connectivity index is 1.61. The molecule has 1 aromatic heterocycles. The molecule has 2 aliphatic heterocycles. The second kappa shape index (κ2) is 7.43. The van der Waals surface area contributed by atoms with Gasteiger partial charge >= 0.3 is 0 Å². The third-order valence-corrected chi connectivity index (χ3v) is 5.96. The molecule has 3 heterocycles. The number of benzene rings is 1. The van der Waals surface area contributed by atoms with E-state index in [0.717, 1.165) is 50.4 Å². The van der Waals surface area contributed by atoms with Gasteiger partial charge in [0.1, 0.15) is 5.82 Å². The number of fused-ring (bicyclic) bond motifs is 1. The highest BCUT2D eigenvalue weighted by molar-refractivity contribution is 5.95. The molecule has 5 nitrogen and oxygen atoms in total. The van der Waals surface area contributed by atoms with Crippen LogP contribution in [0.1, 0.15) is 48.7 Å². The first kappa shape index (κ1) is 18.2. The zero-order valence-corrected chi connectivity index (χ0v) is 16.0. The van der Waals surface area contributed by atoms with E-state index in [-0.39, 0.29) is 17.6 Å². The number of nitrogens with zero attached hydrogens (tertiary/aromatic N) is 3. The number of amides is 1. The summed E-state index contributed by atoms with van der Waals surface area (Å²) in [7, 11) is 0. The molecule has 2 aliphatic rings. The lowest BCUT2D eigenvalue weighted by atomic mass is 9.92. The van der Waals surface area contributed by atoms with Crippen LogP contribution in [0, 0.1) is 17.7 Å². The van der Waals surface area contributed by atoms with E-state index >= 15 is 0 Å². The van der Waals surface area contributed by atoms with Gasteiger partial charge in [-0.15, -0.1) is 0 Å². The Labute approximate surface area is 159 Å². The molecule has 2 aromatic rings. The van der Waals surface area contributed by atoms with Crippen molar-refractivity contribution >= 4 is 5.91 Å². The lowest BCUT2D eigenvalue weighted by Gasteiger charge is -2.22. The van der Waals surface area contributed by atoms with Crippen molar-refractivity contribution in [2.45, 2.75) is 32.6 Å². The lowest BCUT2D eigenvalue weighted by Crippen LogP contribution is -2.33. The fourth-order valence-electron chi connectivity index (χ4n) is 4.46. The van der Waals surface area contributed by atoms with E-state index in [0.29, 0.717) is 17.4 Å². The quantitative estimate of drug-likeness (QED) is 0.903. The molecule has 2 saturated heterocycles. The second-order valence-electron chi connectivity index (χ2n) is 8.03.